The Labute approximate surface area is 138 Å². The average Bonchev–Trinajstić information content (AvgIpc) is 2.51. The number of aliphatic hydroxyl groups excluding tert-OH is 1. The fraction of sp³-hybridized carbons (Fsp3) is 0.611. The number of carbonyl (C=O) groups is 1. The van der Waals surface area contributed by atoms with Gasteiger partial charge in [0, 0.05) is 11.8 Å². The molecule has 5 nitrogen and oxygen atoms in total. The third-order valence-electron chi connectivity index (χ3n) is 4.32. The minimum Gasteiger partial charge on any atom is -0.491 e. The number of nitrogens with one attached hydrogen (secondary N) is 1. The molecule has 4 atom stereocenters. The first-order valence-electron chi connectivity index (χ1n) is 8.30. The van der Waals surface area contributed by atoms with E-state index in [9.17, 15) is 9.90 Å². The quantitative estimate of drug-likeness (QED) is 0.760. The number of esters is 1. The monoisotopic (exact) mass is 322 g/mol. The van der Waals surface area contributed by atoms with Crippen molar-refractivity contribution >= 4 is 5.97 Å². The maximum absolute atomic E-state index is 11.4. The Balaban J connectivity index is 1.77. The lowest BCUT2D eigenvalue weighted by atomic mass is 9.92. The largest absolute Gasteiger partial charge is 0.491 e. The average molecular weight is 322 g/mol. The summed E-state index contributed by atoms with van der Waals surface area (Å²) in [6, 6.07) is 6.76. The fourth-order valence-electron chi connectivity index (χ4n) is 3.48. The second kappa shape index (κ2) is 8.31. The maximum atomic E-state index is 11.4. The molecule has 2 rings (SSSR count). The van der Waals surface area contributed by atoms with Crippen LogP contribution in [0.2, 0.25) is 0 Å². The zero-order valence-corrected chi connectivity index (χ0v) is 14.2. The number of hydrogen-bond acceptors (Lipinski definition) is 4. The zero-order valence-electron chi connectivity index (χ0n) is 14.2. The highest BCUT2D eigenvalue weighted by atomic mass is 16.5. The molecule has 1 aliphatic rings. The molecule has 1 saturated heterocycles. The summed E-state index contributed by atoms with van der Waals surface area (Å²) in [5.41, 5.74) is 0.487. The number of likely N-dealkylation sites (tertiary alicyclic amines) is 1. The van der Waals surface area contributed by atoms with Crippen LogP contribution in [-0.2, 0) is 4.74 Å². The number of carbonyl (C=O) groups excluding carboxylic acids is 1. The number of quaternary nitrogens is 1. The van der Waals surface area contributed by atoms with E-state index in [1.807, 2.05) is 0 Å². The molecule has 0 bridgehead atoms. The van der Waals surface area contributed by atoms with Gasteiger partial charge >= 0.3 is 5.97 Å². The molecule has 0 amide bonds. The normalized spacial score (nSPS) is 25.7. The smallest absolute Gasteiger partial charge is 0.337 e. The van der Waals surface area contributed by atoms with Crippen molar-refractivity contribution in [2.24, 2.45) is 11.8 Å². The van der Waals surface area contributed by atoms with Crippen molar-refractivity contribution in [2.75, 3.05) is 33.4 Å². The molecule has 23 heavy (non-hydrogen) atoms. The number of ether oxygens (including phenoxy) is 2. The van der Waals surface area contributed by atoms with Crippen molar-refractivity contribution in [1.29, 1.82) is 0 Å². The molecule has 0 spiro atoms. The highest BCUT2D eigenvalue weighted by Gasteiger charge is 2.26. The highest BCUT2D eigenvalue weighted by molar-refractivity contribution is 5.89. The molecule has 0 aromatic heterocycles. The number of rotatable bonds is 6. The Morgan fingerprint density at radius 3 is 2.43 bits per heavy atom. The van der Waals surface area contributed by atoms with Gasteiger partial charge in [0.2, 0.25) is 0 Å². The molecule has 1 aliphatic heterocycles. The fourth-order valence-corrected chi connectivity index (χ4v) is 3.48. The maximum Gasteiger partial charge on any atom is 0.337 e. The topological polar surface area (TPSA) is 60.2 Å². The number of methoxy groups -OCH3 is 1. The lowest BCUT2D eigenvalue weighted by Gasteiger charge is -2.33. The molecular weight excluding hydrogens is 294 g/mol. The Morgan fingerprint density at radius 2 is 1.87 bits per heavy atom. The van der Waals surface area contributed by atoms with Crippen molar-refractivity contribution < 1.29 is 24.3 Å². The molecule has 128 valence electrons. The van der Waals surface area contributed by atoms with E-state index < -0.39 is 6.10 Å². The zero-order chi connectivity index (χ0) is 16.8. The first-order chi connectivity index (χ1) is 11.0. The van der Waals surface area contributed by atoms with Gasteiger partial charge in [-0.1, -0.05) is 13.8 Å². The van der Waals surface area contributed by atoms with Crippen LogP contribution < -0.4 is 9.64 Å². The van der Waals surface area contributed by atoms with Crippen LogP contribution in [0, 0.1) is 11.8 Å². The van der Waals surface area contributed by atoms with Crippen LogP contribution in [-0.4, -0.2) is 50.5 Å². The van der Waals surface area contributed by atoms with E-state index in [2.05, 4.69) is 18.6 Å². The van der Waals surface area contributed by atoms with E-state index in [0.717, 1.165) is 19.6 Å². The molecule has 1 aromatic rings. The van der Waals surface area contributed by atoms with Crippen LogP contribution in [0.15, 0.2) is 24.3 Å². The minimum atomic E-state index is -0.484. The molecule has 1 fully saturated rings. The predicted octanol–water partition coefficient (Wildman–Crippen LogP) is 0.774. The van der Waals surface area contributed by atoms with E-state index in [0.29, 0.717) is 23.1 Å². The van der Waals surface area contributed by atoms with Crippen molar-refractivity contribution in [3.05, 3.63) is 29.8 Å². The SMILES string of the molecule is COC(=O)c1ccc(OC[C@@H](O)C[NH+]2C[C@H](C)C[C@H](C)C2)cc1. The molecule has 0 saturated carbocycles. The van der Waals surface area contributed by atoms with E-state index in [4.69, 9.17) is 4.74 Å². The van der Waals surface area contributed by atoms with Crippen LogP contribution in [0.1, 0.15) is 30.6 Å². The van der Waals surface area contributed by atoms with Crippen LogP contribution in [0.3, 0.4) is 0 Å². The van der Waals surface area contributed by atoms with Crippen LogP contribution in [0.25, 0.3) is 0 Å². The summed E-state index contributed by atoms with van der Waals surface area (Å²) in [5.74, 6) is 1.71. The molecule has 5 heteroatoms. The number of hydrogen-bond donors (Lipinski definition) is 2. The lowest BCUT2D eigenvalue weighted by molar-refractivity contribution is -0.915. The molecular formula is C18H28NO4+. The molecule has 0 radical (unpaired) electrons. The van der Waals surface area contributed by atoms with Gasteiger partial charge in [0.15, 0.2) is 0 Å². The standard InChI is InChI=1S/C18H27NO4/c1-13-8-14(2)10-19(9-13)11-16(20)12-23-17-6-4-15(5-7-17)18(21)22-3/h4-7,13-14,16,20H,8-12H2,1-3H3/p+1/t13-,14+,16-/m0/s1. The summed E-state index contributed by atoms with van der Waals surface area (Å²) in [5, 5.41) is 10.2. The summed E-state index contributed by atoms with van der Waals surface area (Å²) >= 11 is 0. The molecule has 1 heterocycles. The number of benzene rings is 1. The van der Waals surface area contributed by atoms with Gasteiger partial charge in [-0.3, -0.25) is 0 Å². The molecule has 1 aromatic carbocycles. The Kier molecular flexibility index (Phi) is 6.42. The van der Waals surface area contributed by atoms with Gasteiger partial charge in [-0.25, -0.2) is 4.79 Å². The summed E-state index contributed by atoms with van der Waals surface area (Å²) < 4.78 is 10.3. The van der Waals surface area contributed by atoms with Gasteiger partial charge in [-0.05, 0) is 30.7 Å². The first kappa shape index (κ1) is 17.8. The van der Waals surface area contributed by atoms with E-state index in [1.165, 1.54) is 18.4 Å². The second-order valence-electron chi connectivity index (χ2n) is 6.79. The summed E-state index contributed by atoms with van der Waals surface area (Å²) in [4.78, 5) is 12.8. The predicted molar refractivity (Wildman–Crippen MR) is 87.8 cm³/mol. The van der Waals surface area contributed by atoms with E-state index >= 15 is 0 Å². The third kappa shape index (κ3) is 5.52. The number of aliphatic hydroxyl groups is 1. The first-order valence-corrected chi connectivity index (χ1v) is 8.30. The van der Waals surface area contributed by atoms with Gasteiger partial charge in [0.05, 0.1) is 25.8 Å². The molecule has 2 N–H and O–H groups in total. The van der Waals surface area contributed by atoms with Crippen molar-refractivity contribution in [1.82, 2.24) is 0 Å². The Bertz CT molecular complexity index is 492. The van der Waals surface area contributed by atoms with Gasteiger partial charge in [0.1, 0.15) is 25.0 Å². The van der Waals surface area contributed by atoms with Gasteiger partial charge in [0.25, 0.3) is 0 Å². The number of piperidine rings is 1. The van der Waals surface area contributed by atoms with Gasteiger partial charge < -0.3 is 19.5 Å². The highest BCUT2D eigenvalue weighted by Crippen LogP contribution is 2.14. The summed E-state index contributed by atoms with van der Waals surface area (Å²) in [6.45, 7) is 7.78. The van der Waals surface area contributed by atoms with E-state index in [1.54, 1.807) is 24.3 Å². The van der Waals surface area contributed by atoms with Gasteiger partial charge in [-0.2, -0.15) is 0 Å². The molecule has 1 unspecified atom stereocenters. The second-order valence-corrected chi connectivity index (χ2v) is 6.79. The third-order valence-corrected chi connectivity index (χ3v) is 4.32. The molecule has 0 aliphatic carbocycles. The minimum absolute atomic E-state index is 0.268. The lowest BCUT2D eigenvalue weighted by Crippen LogP contribution is -3.15. The Hall–Kier alpha value is -1.59. The van der Waals surface area contributed by atoms with Crippen molar-refractivity contribution in [3.8, 4) is 5.75 Å². The Morgan fingerprint density at radius 1 is 1.26 bits per heavy atom. The summed E-state index contributed by atoms with van der Waals surface area (Å²) in [6.07, 6.45) is 0.797. The van der Waals surface area contributed by atoms with E-state index in [-0.39, 0.29) is 12.6 Å². The van der Waals surface area contributed by atoms with Crippen LogP contribution in [0.4, 0.5) is 0 Å². The van der Waals surface area contributed by atoms with Crippen LogP contribution in [0.5, 0.6) is 5.75 Å². The van der Waals surface area contributed by atoms with Crippen molar-refractivity contribution in [3.63, 3.8) is 0 Å². The van der Waals surface area contributed by atoms with Gasteiger partial charge in [-0.15, -0.1) is 0 Å². The summed E-state index contributed by atoms with van der Waals surface area (Å²) in [7, 11) is 1.35. The van der Waals surface area contributed by atoms with Crippen molar-refractivity contribution in [2.45, 2.75) is 26.4 Å². The van der Waals surface area contributed by atoms with Crippen LogP contribution >= 0.6 is 0 Å².